The van der Waals surface area contributed by atoms with E-state index >= 15 is 0 Å². The van der Waals surface area contributed by atoms with Crippen LogP contribution in [-0.4, -0.2) is 12.1 Å². The monoisotopic (exact) mass is 303 g/mol. The van der Waals surface area contributed by atoms with Crippen molar-refractivity contribution in [3.63, 3.8) is 0 Å². The third kappa shape index (κ3) is 2.95. The Morgan fingerprint density at radius 2 is 2.00 bits per heavy atom. The highest BCUT2D eigenvalue weighted by atomic mass is 35.5. The van der Waals surface area contributed by atoms with Crippen molar-refractivity contribution in [2.45, 2.75) is 11.8 Å². The van der Waals surface area contributed by atoms with Gasteiger partial charge in [0.25, 0.3) is 0 Å². The standard InChI is InChI=1S/C16H14ClNO3/c1-20-12-5-2-10(3-6-12)8-13(17)11-4-7-14-15(9-11)21-16(19)18-14/h2-7,9,13H,8H2,1H3,(H,18,19). The van der Waals surface area contributed by atoms with Gasteiger partial charge in [0.2, 0.25) is 0 Å². The summed E-state index contributed by atoms with van der Waals surface area (Å²) in [6, 6.07) is 13.3. The molecule has 4 nitrogen and oxygen atoms in total. The quantitative estimate of drug-likeness (QED) is 0.748. The number of oxazole rings is 1. The lowest BCUT2D eigenvalue weighted by Gasteiger charge is -2.10. The van der Waals surface area contributed by atoms with Gasteiger partial charge in [0.15, 0.2) is 5.58 Å². The maximum atomic E-state index is 11.2. The van der Waals surface area contributed by atoms with E-state index in [0.29, 0.717) is 17.5 Å². The molecule has 3 aromatic rings. The highest BCUT2D eigenvalue weighted by Crippen LogP contribution is 2.27. The van der Waals surface area contributed by atoms with E-state index in [2.05, 4.69) is 4.98 Å². The van der Waals surface area contributed by atoms with Gasteiger partial charge in [-0.2, -0.15) is 0 Å². The van der Waals surface area contributed by atoms with E-state index in [1.807, 2.05) is 30.3 Å². The lowest BCUT2D eigenvalue weighted by atomic mass is 10.0. The highest BCUT2D eigenvalue weighted by Gasteiger charge is 2.11. The van der Waals surface area contributed by atoms with E-state index in [4.69, 9.17) is 20.8 Å². The normalized spacial score (nSPS) is 12.5. The van der Waals surface area contributed by atoms with Crippen LogP contribution in [0.5, 0.6) is 5.75 Å². The average molecular weight is 304 g/mol. The first-order valence-corrected chi connectivity index (χ1v) is 6.99. The topological polar surface area (TPSA) is 55.2 Å². The fourth-order valence-electron chi connectivity index (χ4n) is 2.24. The second kappa shape index (κ2) is 5.66. The van der Waals surface area contributed by atoms with Crippen molar-refractivity contribution in [1.82, 2.24) is 4.98 Å². The van der Waals surface area contributed by atoms with Crippen LogP contribution in [0.2, 0.25) is 0 Å². The SMILES string of the molecule is COc1ccc(CC(Cl)c2ccc3[nH]c(=O)oc3c2)cc1. The number of ether oxygens (including phenoxy) is 1. The van der Waals surface area contributed by atoms with Gasteiger partial charge >= 0.3 is 5.76 Å². The number of nitrogens with one attached hydrogen (secondary N) is 1. The molecule has 0 radical (unpaired) electrons. The molecular formula is C16H14ClNO3. The number of alkyl halides is 1. The van der Waals surface area contributed by atoms with Crippen molar-refractivity contribution in [2.75, 3.05) is 7.11 Å². The second-order valence-corrected chi connectivity index (χ2v) is 5.32. The molecular weight excluding hydrogens is 290 g/mol. The van der Waals surface area contributed by atoms with Gasteiger partial charge in [-0.15, -0.1) is 11.6 Å². The number of aromatic amines is 1. The Morgan fingerprint density at radius 3 is 2.71 bits per heavy atom. The Balaban J connectivity index is 1.81. The van der Waals surface area contributed by atoms with Crippen molar-refractivity contribution < 1.29 is 9.15 Å². The van der Waals surface area contributed by atoms with Crippen molar-refractivity contribution in [2.24, 2.45) is 0 Å². The van der Waals surface area contributed by atoms with Gasteiger partial charge in [0, 0.05) is 0 Å². The lowest BCUT2D eigenvalue weighted by Crippen LogP contribution is -1.96. The third-order valence-corrected chi connectivity index (χ3v) is 3.79. The Morgan fingerprint density at radius 1 is 1.24 bits per heavy atom. The first-order valence-electron chi connectivity index (χ1n) is 6.55. The zero-order valence-corrected chi connectivity index (χ0v) is 12.2. The zero-order valence-electron chi connectivity index (χ0n) is 11.4. The maximum absolute atomic E-state index is 11.2. The van der Waals surface area contributed by atoms with E-state index in [9.17, 15) is 4.79 Å². The smallest absolute Gasteiger partial charge is 0.417 e. The molecule has 1 heterocycles. The Kier molecular flexibility index (Phi) is 3.71. The molecule has 0 saturated carbocycles. The van der Waals surface area contributed by atoms with Crippen molar-refractivity contribution in [1.29, 1.82) is 0 Å². The van der Waals surface area contributed by atoms with E-state index in [0.717, 1.165) is 16.9 Å². The minimum Gasteiger partial charge on any atom is -0.497 e. The molecule has 1 aromatic heterocycles. The summed E-state index contributed by atoms with van der Waals surface area (Å²) >= 11 is 6.46. The summed E-state index contributed by atoms with van der Waals surface area (Å²) in [6.45, 7) is 0. The van der Waals surface area contributed by atoms with Gasteiger partial charge < -0.3 is 9.15 Å². The number of H-pyrrole nitrogens is 1. The van der Waals surface area contributed by atoms with Crippen LogP contribution in [0.1, 0.15) is 16.5 Å². The molecule has 0 aliphatic heterocycles. The minimum atomic E-state index is -0.455. The summed E-state index contributed by atoms with van der Waals surface area (Å²) in [5.41, 5.74) is 3.24. The molecule has 0 fully saturated rings. The molecule has 108 valence electrons. The van der Waals surface area contributed by atoms with Gasteiger partial charge in [-0.3, -0.25) is 4.98 Å². The van der Waals surface area contributed by atoms with Gasteiger partial charge in [-0.1, -0.05) is 18.2 Å². The largest absolute Gasteiger partial charge is 0.497 e. The summed E-state index contributed by atoms with van der Waals surface area (Å²) in [6.07, 6.45) is 0.686. The molecule has 0 bridgehead atoms. The van der Waals surface area contributed by atoms with Gasteiger partial charge in [0.1, 0.15) is 5.75 Å². The Labute approximate surface area is 126 Å². The zero-order chi connectivity index (χ0) is 14.8. The molecule has 0 aliphatic rings. The van der Waals surface area contributed by atoms with Crippen LogP contribution in [0.15, 0.2) is 51.7 Å². The van der Waals surface area contributed by atoms with Crippen LogP contribution < -0.4 is 10.5 Å². The first kappa shape index (κ1) is 13.8. The minimum absolute atomic E-state index is 0.192. The van der Waals surface area contributed by atoms with Crippen LogP contribution in [0.25, 0.3) is 11.1 Å². The molecule has 21 heavy (non-hydrogen) atoms. The van der Waals surface area contributed by atoms with Crippen molar-refractivity contribution >= 4 is 22.7 Å². The molecule has 1 atom stereocenters. The van der Waals surface area contributed by atoms with E-state index in [1.54, 1.807) is 19.2 Å². The maximum Gasteiger partial charge on any atom is 0.417 e. The van der Waals surface area contributed by atoms with Gasteiger partial charge in [-0.25, -0.2) is 4.79 Å². The van der Waals surface area contributed by atoms with E-state index in [1.165, 1.54) is 0 Å². The molecule has 0 amide bonds. The predicted molar refractivity (Wildman–Crippen MR) is 82.1 cm³/mol. The van der Waals surface area contributed by atoms with Gasteiger partial charge in [0.05, 0.1) is 18.0 Å². The fourth-order valence-corrected chi connectivity index (χ4v) is 2.56. The van der Waals surface area contributed by atoms with Crippen LogP contribution in [0, 0.1) is 0 Å². The predicted octanol–water partition coefficient (Wildman–Crippen LogP) is 3.65. The Bertz CT molecular complexity index is 804. The lowest BCUT2D eigenvalue weighted by molar-refractivity contribution is 0.414. The van der Waals surface area contributed by atoms with Crippen molar-refractivity contribution in [3.8, 4) is 5.75 Å². The summed E-state index contributed by atoms with van der Waals surface area (Å²) in [7, 11) is 1.64. The molecule has 0 saturated heterocycles. The van der Waals surface area contributed by atoms with E-state index < -0.39 is 5.76 Å². The van der Waals surface area contributed by atoms with E-state index in [-0.39, 0.29) is 5.38 Å². The summed E-state index contributed by atoms with van der Waals surface area (Å²) in [5, 5.41) is -0.192. The fraction of sp³-hybridized carbons (Fsp3) is 0.188. The number of fused-ring (bicyclic) bond motifs is 1. The summed E-state index contributed by atoms with van der Waals surface area (Å²) < 4.78 is 10.2. The number of hydrogen-bond donors (Lipinski definition) is 1. The number of halogens is 1. The summed E-state index contributed by atoms with van der Waals surface area (Å²) in [5.74, 6) is 0.365. The second-order valence-electron chi connectivity index (χ2n) is 4.79. The number of hydrogen-bond acceptors (Lipinski definition) is 3. The number of methoxy groups -OCH3 is 1. The number of rotatable bonds is 4. The van der Waals surface area contributed by atoms with Crippen LogP contribution in [-0.2, 0) is 6.42 Å². The van der Waals surface area contributed by atoms with Crippen LogP contribution >= 0.6 is 11.6 Å². The molecule has 2 aromatic carbocycles. The molecule has 0 aliphatic carbocycles. The van der Waals surface area contributed by atoms with Crippen LogP contribution in [0.3, 0.4) is 0 Å². The van der Waals surface area contributed by atoms with Crippen LogP contribution in [0.4, 0.5) is 0 Å². The summed E-state index contributed by atoms with van der Waals surface area (Å²) in [4.78, 5) is 13.8. The Hall–Kier alpha value is -2.20. The number of benzene rings is 2. The van der Waals surface area contributed by atoms with Crippen molar-refractivity contribution in [3.05, 3.63) is 64.1 Å². The number of aromatic nitrogens is 1. The highest BCUT2D eigenvalue weighted by molar-refractivity contribution is 6.21. The first-order chi connectivity index (χ1) is 10.2. The third-order valence-electron chi connectivity index (χ3n) is 3.38. The molecule has 5 heteroatoms. The average Bonchev–Trinajstić information content (AvgIpc) is 2.87. The van der Waals surface area contributed by atoms with Gasteiger partial charge in [-0.05, 0) is 41.8 Å². The molecule has 1 N–H and O–H groups in total. The molecule has 3 rings (SSSR count). The molecule has 1 unspecified atom stereocenters. The molecule has 0 spiro atoms.